The second-order valence-corrected chi connectivity index (χ2v) is 7.55. The molecule has 0 atom stereocenters. The highest BCUT2D eigenvalue weighted by Gasteiger charge is 2.24. The summed E-state index contributed by atoms with van der Waals surface area (Å²) in [4.78, 5) is 40.1. The zero-order valence-electron chi connectivity index (χ0n) is 18.3. The van der Waals surface area contributed by atoms with Gasteiger partial charge in [-0.15, -0.1) is 6.58 Å². The Morgan fingerprint density at radius 3 is 2.45 bits per heavy atom. The van der Waals surface area contributed by atoms with Crippen LogP contribution in [0.15, 0.2) is 84.0 Å². The molecule has 0 aliphatic rings. The summed E-state index contributed by atoms with van der Waals surface area (Å²) in [7, 11) is 0. The lowest BCUT2D eigenvalue weighted by Crippen LogP contribution is -2.42. The number of nitro groups is 1. The number of nitro benzene ring substituents is 1. The van der Waals surface area contributed by atoms with E-state index in [0.29, 0.717) is 17.9 Å². The fourth-order valence-electron chi connectivity index (χ4n) is 3.39. The molecule has 3 aromatic rings. The average molecular weight is 447 g/mol. The molecule has 0 bridgehead atoms. The molecule has 0 aliphatic heterocycles. The third-order valence-corrected chi connectivity index (χ3v) is 5.11. The first-order valence-electron chi connectivity index (χ1n) is 10.4. The summed E-state index contributed by atoms with van der Waals surface area (Å²) in [5.74, 6) is -0.147. The molecule has 0 spiro atoms. The molecule has 0 fully saturated rings. The van der Waals surface area contributed by atoms with E-state index < -0.39 is 10.8 Å². The summed E-state index contributed by atoms with van der Waals surface area (Å²) in [6.07, 6.45) is 3.06. The van der Waals surface area contributed by atoms with Crippen LogP contribution >= 0.6 is 0 Å². The van der Waals surface area contributed by atoms with Crippen molar-refractivity contribution in [2.24, 2.45) is 0 Å². The van der Waals surface area contributed by atoms with Crippen LogP contribution in [0.1, 0.15) is 27.2 Å². The van der Waals surface area contributed by atoms with Gasteiger partial charge >= 0.3 is 0 Å². The van der Waals surface area contributed by atoms with Gasteiger partial charge in [0.15, 0.2) is 0 Å². The number of hydrogen-bond acceptors (Lipinski definition) is 5. The van der Waals surface area contributed by atoms with Crippen LogP contribution < -0.4 is 0 Å². The maximum absolute atomic E-state index is 13.3. The van der Waals surface area contributed by atoms with Crippen molar-refractivity contribution in [2.75, 3.05) is 13.1 Å². The first-order chi connectivity index (χ1) is 15.9. The summed E-state index contributed by atoms with van der Waals surface area (Å²) in [5.41, 5.74) is 1.39. The lowest BCUT2D eigenvalue weighted by Gasteiger charge is -2.27. The lowest BCUT2D eigenvalue weighted by molar-refractivity contribution is -0.385. The molecule has 0 radical (unpaired) electrons. The first-order valence-corrected chi connectivity index (χ1v) is 10.4. The monoisotopic (exact) mass is 447 g/mol. The number of benzene rings is 2. The van der Waals surface area contributed by atoms with Crippen molar-refractivity contribution in [3.05, 3.63) is 112 Å². The Hall–Kier alpha value is -4.20. The number of aryl methyl sites for hydroxylation is 1. The van der Waals surface area contributed by atoms with Crippen LogP contribution in [0.3, 0.4) is 0 Å². The van der Waals surface area contributed by atoms with E-state index in [1.165, 1.54) is 29.2 Å². The van der Waals surface area contributed by atoms with Crippen molar-refractivity contribution in [1.29, 1.82) is 0 Å². The number of furan rings is 1. The van der Waals surface area contributed by atoms with Gasteiger partial charge in [0.2, 0.25) is 5.91 Å². The summed E-state index contributed by atoms with van der Waals surface area (Å²) in [6.45, 7) is 5.77. The molecule has 8 nitrogen and oxygen atoms in total. The van der Waals surface area contributed by atoms with E-state index in [1.54, 1.807) is 30.2 Å². The minimum atomic E-state index is -0.528. The van der Waals surface area contributed by atoms with Gasteiger partial charge in [0, 0.05) is 30.3 Å². The third-order valence-electron chi connectivity index (χ3n) is 5.11. The fourth-order valence-corrected chi connectivity index (χ4v) is 3.39. The van der Waals surface area contributed by atoms with Gasteiger partial charge in [-0.25, -0.2) is 0 Å². The fraction of sp³-hybridized carbons (Fsp3) is 0.200. The van der Waals surface area contributed by atoms with Crippen LogP contribution in [0.25, 0.3) is 0 Å². The van der Waals surface area contributed by atoms with Gasteiger partial charge in [-0.2, -0.15) is 0 Å². The van der Waals surface area contributed by atoms with Crippen LogP contribution in [0, 0.1) is 17.0 Å². The zero-order valence-corrected chi connectivity index (χ0v) is 18.3. The number of rotatable bonds is 10. The number of carbonyl (C=O) groups excluding carboxylic acids is 2. The molecule has 0 saturated heterocycles. The maximum atomic E-state index is 13.3. The molecular formula is C25H25N3O5. The number of amides is 2. The topological polar surface area (TPSA) is 96.9 Å². The van der Waals surface area contributed by atoms with E-state index in [0.717, 1.165) is 5.56 Å². The Labute approximate surface area is 191 Å². The summed E-state index contributed by atoms with van der Waals surface area (Å²) in [5, 5.41) is 11.3. The van der Waals surface area contributed by atoms with Gasteiger partial charge in [-0.05, 0) is 30.7 Å². The molecular weight excluding hydrogens is 422 g/mol. The molecule has 0 unspecified atom stereocenters. The second-order valence-electron chi connectivity index (χ2n) is 7.55. The molecule has 3 rings (SSSR count). The molecule has 170 valence electrons. The van der Waals surface area contributed by atoms with Gasteiger partial charge < -0.3 is 14.2 Å². The van der Waals surface area contributed by atoms with E-state index in [2.05, 4.69) is 6.58 Å². The SMILES string of the molecule is C=CCN(CC(=O)N(Cc1ccccc1)Cc1ccco1)C(=O)c1ccc(C)c([N+](=O)[O-])c1. The number of carbonyl (C=O) groups is 2. The van der Waals surface area contributed by atoms with Gasteiger partial charge in [0.25, 0.3) is 11.6 Å². The second kappa shape index (κ2) is 10.9. The molecule has 2 amide bonds. The minimum absolute atomic E-state index is 0.117. The highest BCUT2D eigenvalue weighted by molar-refractivity contribution is 5.97. The molecule has 2 aromatic carbocycles. The smallest absolute Gasteiger partial charge is 0.273 e. The maximum Gasteiger partial charge on any atom is 0.273 e. The summed E-state index contributed by atoms with van der Waals surface area (Å²) < 4.78 is 5.41. The highest BCUT2D eigenvalue weighted by Crippen LogP contribution is 2.20. The Balaban J connectivity index is 1.82. The van der Waals surface area contributed by atoms with E-state index >= 15 is 0 Å². The van der Waals surface area contributed by atoms with Gasteiger partial charge in [0.05, 0.1) is 17.7 Å². The highest BCUT2D eigenvalue weighted by atomic mass is 16.6. The molecule has 0 saturated carbocycles. The molecule has 1 aromatic heterocycles. The van der Waals surface area contributed by atoms with Crippen LogP contribution in [0.4, 0.5) is 5.69 Å². The number of hydrogen-bond donors (Lipinski definition) is 0. The molecule has 8 heteroatoms. The Kier molecular flexibility index (Phi) is 7.75. The third kappa shape index (κ3) is 6.16. The summed E-state index contributed by atoms with van der Waals surface area (Å²) in [6, 6.07) is 17.3. The molecule has 0 N–H and O–H groups in total. The van der Waals surface area contributed by atoms with Crippen molar-refractivity contribution in [3.63, 3.8) is 0 Å². The van der Waals surface area contributed by atoms with Crippen LogP contribution in [0.5, 0.6) is 0 Å². The van der Waals surface area contributed by atoms with E-state index in [-0.39, 0.29) is 36.8 Å². The molecule has 33 heavy (non-hydrogen) atoms. The predicted octanol–water partition coefficient (Wildman–Crippen LogP) is 4.35. The first kappa shape index (κ1) is 23.5. The standard InChI is InChI=1S/C25H25N3O5/c1-3-13-26(25(30)21-12-11-19(2)23(15-21)28(31)32)18-24(29)27(17-22-10-7-14-33-22)16-20-8-5-4-6-9-20/h3-12,14-15H,1,13,16-18H2,2H3. The van der Waals surface area contributed by atoms with E-state index in [4.69, 9.17) is 4.42 Å². The van der Waals surface area contributed by atoms with Crippen molar-refractivity contribution in [2.45, 2.75) is 20.0 Å². The quantitative estimate of drug-likeness (QED) is 0.261. The average Bonchev–Trinajstić information content (AvgIpc) is 3.32. The van der Waals surface area contributed by atoms with Gasteiger partial charge in [-0.3, -0.25) is 19.7 Å². The van der Waals surface area contributed by atoms with Crippen LogP contribution in [-0.4, -0.2) is 39.6 Å². The Morgan fingerprint density at radius 2 is 1.82 bits per heavy atom. The zero-order chi connectivity index (χ0) is 23.8. The predicted molar refractivity (Wildman–Crippen MR) is 123 cm³/mol. The Bertz CT molecular complexity index is 1130. The largest absolute Gasteiger partial charge is 0.467 e. The Morgan fingerprint density at radius 1 is 1.06 bits per heavy atom. The summed E-state index contributed by atoms with van der Waals surface area (Å²) >= 11 is 0. The molecule has 1 heterocycles. The van der Waals surface area contributed by atoms with Crippen molar-refractivity contribution < 1.29 is 18.9 Å². The lowest BCUT2D eigenvalue weighted by atomic mass is 10.1. The number of nitrogens with zero attached hydrogens (tertiary/aromatic N) is 3. The van der Waals surface area contributed by atoms with Crippen LogP contribution in [0.2, 0.25) is 0 Å². The minimum Gasteiger partial charge on any atom is -0.467 e. The van der Waals surface area contributed by atoms with Gasteiger partial charge in [-0.1, -0.05) is 42.5 Å². The van der Waals surface area contributed by atoms with Crippen molar-refractivity contribution in [3.8, 4) is 0 Å². The van der Waals surface area contributed by atoms with Crippen LogP contribution in [-0.2, 0) is 17.9 Å². The van der Waals surface area contributed by atoms with Crippen molar-refractivity contribution >= 4 is 17.5 Å². The normalized spacial score (nSPS) is 10.5. The molecule has 0 aliphatic carbocycles. The van der Waals surface area contributed by atoms with E-state index in [9.17, 15) is 19.7 Å². The van der Waals surface area contributed by atoms with Crippen molar-refractivity contribution in [1.82, 2.24) is 9.80 Å². The van der Waals surface area contributed by atoms with E-state index in [1.807, 2.05) is 30.3 Å². The van der Waals surface area contributed by atoms with Gasteiger partial charge in [0.1, 0.15) is 12.3 Å².